The van der Waals surface area contributed by atoms with Crippen LogP contribution in [-0.4, -0.2) is 12.8 Å². The lowest BCUT2D eigenvalue weighted by molar-refractivity contribution is 0.102. The molecule has 1 rings (SSSR count). The van der Waals surface area contributed by atoms with Crippen LogP contribution in [0.15, 0.2) is 12.1 Å². The van der Waals surface area contributed by atoms with Crippen molar-refractivity contribution in [1.82, 2.24) is 0 Å². The quantitative estimate of drug-likeness (QED) is 0.436. The molecule has 15 heavy (non-hydrogen) atoms. The molecule has 0 spiro atoms. The van der Waals surface area contributed by atoms with Crippen LogP contribution in [-0.2, 0) is 4.74 Å². The highest BCUT2D eigenvalue weighted by atomic mass is 19.2. The summed E-state index contributed by atoms with van der Waals surface area (Å²) in [6.07, 6.45) is -1.18. The first kappa shape index (κ1) is 11.4. The van der Waals surface area contributed by atoms with Crippen LogP contribution in [0.1, 0.15) is 6.92 Å². The zero-order valence-corrected chi connectivity index (χ0v) is 7.72. The summed E-state index contributed by atoms with van der Waals surface area (Å²) in [5.74, 6) is -5.34. The van der Waals surface area contributed by atoms with Crippen LogP contribution in [0.5, 0.6) is 5.75 Å². The molecule has 0 atom stereocenters. The van der Waals surface area contributed by atoms with E-state index in [0.717, 1.165) is 6.07 Å². The van der Waals surface area contributed by atoms with Crippen LogP contribution < -0.4 is 4.74 Å². The Hall–Kier alpha value is -1.72. The lowest BCUT2D eigenvalue weighted by atomic mass is 10.3. The van der Waals surface area contributed by atoms with Gasteiger partial charge in [-0.1, -0.05) is 0 Å². The fourth-order valence-corrected chi connectivity index (χ4v) is 0.824. The largest absolute Gasteiger partial charge is 0.513 e. The van der Waals surface area contributed by atoms with Gasteiger partial charge in [-0.25, -0.2) is 13.6 Å². The molecule has 82 valence electrons. The minimum Gasteiger partial charge on any atom is -0.434 e. The molecular formula is C9H7F3O3. The van der Waals surface area contributed by atoms with Crippen molar-refractivity contribution < 1.29 is 27.4 Å². The topological polar surface area (TPSA) is 35.5 Å². The fourth-order valence-electron chi connectivity index (χ4n) is 0.824. The van der Waals surface area contributed by atoms with Crippen molar-refractivity contribution in [3.8, 4) is 5.75 Å². The first-order valence-corrected chi connectivity index (χ1v) is 4.04. The van der Waals surface area contributed by atoms with Crippen molar-refractivity contribution in [3.05, 3.63) is 29.6 Å². The highest BCUT2D eigenvalue weighted by Gasteiger charge is 2.17. The molecule has 0 aliphatic rings. The van der Waals surface area contributed by atoms with Crippen molar-refractivity contribution >= 4 is 6.16 Å². The molecule has 3 nitrogen and oxygen atoms in total. The van der Waals surface area contributed by atoms with E-state index in [-0.39, 0.29) is 6.61 Å². The van der Waals surface area contributed by atoms with Crippen LogP contribution in [0.4, 0.5) is 18.0 Å². The molecule has 0 aromatic heterocycles. The molecule has 0 amide bonds. The van der Waals surface area contributed by atoms with E-state index in [1.807, 2.05) is 0 Å². The summed E-state index contributed by atoms with van der Waals surface area (Å²) >= 11 is 0. The highest BCUT2D eigenvalue weighted by molar-refractivity contribution is 5.63. The molecule has 0 saturated heterocycles. The van der Waals surface area contributed by atoms with Crippen molar-refractivity contribution in [2.45, 2.75) is 6.92 Å². The first-order valence-electron chi connectivity index (χ1n) is 4.04. The highest BCUT2D eigenvalue weighted by Crippen LogP contribution is 2.21. The fraction of sp³-hybridized carbons (Fsp3) is 0.222. The van der Waals surface area contributed by atoms with Crippen LogP contribution in [0.2, 0.25) is 0 Å². The molecule has 6 heteroatoms. The van der Waals surface area contributed by atoms with Gasteiger partial charge in [0.15, 0.2) is 17.4 Å². The summed E-state index contributed by atoms with van der Waals surface area (Å²) in [5, 5.41) is 0. The van der Waals surface area contributed by atoms with Gasteiger partial charge < -0.3 is 9.47 Å². The second kappa shape index (κ2) is 4.68. The summed E-state index contributed by atoms with van der Waals surface area (Å²) in [6.45, 7) is 1.55. The predicted octanol–water partition coefficient (Wildman–Crippen LogP) is 2.64. The first-order chi connectivity index (χ1) is 7.06. The Morgan fingerprint density at radius 3 is 2.53 bits per heavy atom. The maximum atomic E-state index is 12.9. The van der Waals surface area contributed by atoms with E-state index in [0.29, 0.717) is 6.07 Å². The molecule has 0 radical (unpaired) electrons. The van der Waals surface area contributed by atoms with Gasteiger partial charge in [0.1, 0.15) is 0 Å². The normalized spacial score (nSPS) is 9.87. The number of rotatable bonds is 2. The van der Waals surface area contributed by atoms with E-state index in [1.165, 1.54) is 6.92 Å². The molecule has 0 saturated carbocycles. The second-order valence-electron chi connectivity index (χ2n) is 2.46. The smallest absolute Gasteiger partial charge is 0.434 e. The molecule has 0 unspecified atom stereocenters. The number of carbonyl (C=O) groups excluding carboxylic acids is 1. The average Bonchev–Trinajstić information content (AvgIpc) is 2.20. The van der Waals surface area contributed by atoms with E-state index in [2.05, 4.69) is 9.47 Å². The summed E-state index contributed by atoms with van der Waals surface area (Å²) in [7, 11) is 0. The third kappa shape index (κ3) is 2.61. The lowest BCUT2D eigenvalue weighted by Gasteiger charge is -2.05. The van der Waals surface area contributed by atoms with Crippen molar-refractivity contribution in [3.63, 3.8) is 0 Å². The van der Waals surface area contributed by atoms with Crippen LogP contribution >= 0.6 is 0 Å². The Balaban J connectivity index is 2.87. The van der Waals surface area contributed by atoms with Gasteiger partial charge in [-0.2, -0.15) is 4.39 Å². The van der Waals surface area contributed by atoms with Gasteiger partial charge in [0.2, 0.25) is 5.82 Å². The Morgan fingerprint density at radius 1 is 1.27 bits per heavy atom. The molecule has 1 aromatic rings. The van der Waals surface area contributed by atoms with E-state index in [9.17, 15) is 18.0 Å². The van der Waals surface area contributed by atoms with Crippen LogP contribution in [0.25, 0.3) is 0 Å². The van der Waals surface area contributed by atoms with Gasteiger partial charge >= 0.3 is 6.16 Å². The van der Waals surface area contributed by atoms with Crippen molar-refractivity contribution in [1.29, 1.82) is 0 Å². The van der Waals surface area contributed by atoms with E-state index in [4.69, 9.17) is 0 Å². The molecule has 1 aromatic carbocycles. The van der Waals surface area contributed by atoms with E-state index < -0.39 is 29.4 Å². The Morgan fingerprint density at radius 2 is 1.93 bits per heavy atom. The van der Waals surface area contributed by atoms with Gasteiger partial charge in [0.05, 0.1) is 6.61 Å². The number of halogens is 3. The van der Waals surface area contributed by atoms with Crippen LogP contribution in [0, 0.1) is 17.5 Å². The zero-order chi connectivity index (χ0) is 11.4. The lowest BCUT2D eigenvalue weighted by Crippen LogP contribution is -2.11. The van der Waals surface area contributed by atoms with Crippen LogP contribution in [0.3, 0.4) is 0 Å². The maximum absolute atomic E-state index is 12.9. The average molecular weight is 220 g/mol. The maximum Gasteiger partial charge on any atom is 0.513 e. The predicted molar refractivity (Wildman–Crippen MR) is 44.0 cm³/mol. The number of benzene rings is 1. The second-order valence-corrected chi connectivity index (χ2v) is 2.46. The van der Waals surface area contributed by atoms with Crippen molar-refractivity contribution in [2.75, 3.05) is 6.61 Å². The molecule has 0 N–H and O–H groups in total. The summed E-state index contributed by atoms with van der Waals surface area (Å²) < 4.78 is 46.6. The molecule has 0 aliphatic carbocycles. The number of hydrogen-bond donors (Lipinski definition) is 0. The Labute approximate surface area is 83.4 Å². The molecule has 0 heterocycles. The number of ether oxygens (including phenoxy) is 2. The molecule has 0 fully saturated rings. The molecule has 0 aliphatic heterocycles. The SMILES string of the molecule is CCOC(=O)Oc1ccc(F)c(F)c1F. The number of hydrogen-bond acceptors (Lipinski definition) is 3. The van der Waals surface area contributed by atoms with Gasteiger partial charge in [0, 0.05) is 0 Å². The van der Waals surface area contributed by atoms with Crippen molar-refractivity contribution in [2.24, 2.45) is 0 Å². The Kier molecular flexibility index (Phi) is 3.54. The summed E-state index contributed by atoms with van der Waals surface area (Å²) in [5.41, 5.74) is 0. The molecule has 0 bridgehead atoms. The Bertz CT molecular complexity index is 379. The minimum absolute atomic E-state index is 0.0319. The van der Waals surface area contributed by atoms with Gasteiger partial charge in [-0.15, -0.1) is 0 Å². The number of carbonyl (C=O) groups is 1. The monoisotopic (exact) mass is 220 g/mol. The van der Waals surface area contributed by atoms with Gasteiger partial charge in [-0.3, -0.25) is 0 Å². The minimum atomic E-state index is -1.70. The standard InChI is InChI=1S/C9H7F3O3/c1-2-14-9(13)15-6-4-3-5(10)7(11)8(6)12/h3-4H,2H2,1H3. The summed E-state index contributed by atoms with van der Waals surface area (Å²) in [4.78, 5) is 10.7. The van der Waals surface area contributed by atoms with Gasteiger partial charge in [0.25, 0.3) is 0 Å². The third-order valence-electron chi connectivity index (χ3n) is 1.46. The summed E-state index contributed by atoms with van der Waals surface area (Å²) in [6, 6.07) is 1.44. The zero-order valence-electron chi connectivity index (χ0n) is 7.72. The van der Waals surface area contributed by atoms with Gasteiger partial charge in [-0.05, 0) is 19.1 Å². The third-order valence-corrected chi connectivity index (χ3v) is 1.46. The van der Waals surface area contributed by atoms with E-state index >= 15 is 0 Å². The van der Waals surface area contributed by atoms with E-state index in [1.54, 1.807) is 0 Å². The molecular weight excluding hydrogens is 213 g/mol.